The van der Waals surface area contributed by atoms with E-state index in [1.807, 2.05) is 36.4 Å². The minimum atomic E-state index is -0.490. The molecule has 8 nitrogen and oxygen atoms in total. The van der Waals surface area contributed by atoms with Gasteiger partial charge < -0.3 is 16.4 Å². The average molecular weight is 509 g/mol. The van der Waals surface area contributed by atoms with E-state index in [1.165, 1.54) is 16.8 Å². The zero-order chi connectivity index (χ0) is 24.8. The highest BCUT2D eigenvalue weighted by atomic mass is 35.5. The summed E-state index contributed by atoms with van der Waals surface area (Å²) in [6.07, 6.45) is 2.28. The Bertz CT molecular complexity index is 1340. The number of para-hydroxylation sites is 1. The Balaban J connectivity index is 1.68. The molecule has 2 aromatic carbocycles. The molecule has 0 saturated heterocycles. The van der Waals surface area contributed by atoms with E-state index in [9.17, 15) is 9.59 Å². The van der Waals surface area contributed by atoms with E-state index < -0.39 is 5.91 Å². The van der Waals surface area contributed by atoms with Gasteiger partial charge in [-0.2, -0.15) is 5.10 Å². The SMILES string of the molecule is NCCCNC(=O)c1cc(NC(=O)c2cc(-c3ccccn3)c(Cl)cc2Cl)n(-c2ccccc2)n1. The maximum atomic E-state index is 13.3. The fraction of sp³-hybridized carbons (Fsp3) is 0.120. The van der Waals surface area contributed by atoms with Crippen LogP contribution in [-0.4, -0.2) is 39.7 Å². The van der Waals surface area contributed by atoms with Crippen LogP contribution in [0.3, 0.4) is 0 Å². The maximum Gasteiger partial charge on any atom is 0.271 e. The summed E-state index contributed by atoms with van der Waals surface area (Å²) in [5.41, 5.74) is 7.69. The van der Waals surface area contributed by atoms with E-state index in [1.54, 1.807) is 24.4 Å². The van der Waals surface area contributed by atoms with Gasteiger partial charge in [0, 0.05) is 24.4 Å². The van der Waals surface area contributed by atoms with Crippen LogP contribution in [0.4, 0.5) is 5.82 Å². The first-order valence-electron chi connectivity index (χ1n) is 10.8. The van der Waals surface area contributed by atoms with Crippen molar-refractivity contribution in [2.24, 2.45) is 5.73 Å². The molecule has 0 radical (unpaired) electrons. The molecule has 4 aromatic rings. The highest BCUT2D eigenvalue weighted by Gasteiger charge is 2.20. The molecule has 0 fully saturated rings. The number of halogens is 2. The van der Waals surface area contributed by atoms with E-state index in [0.29, 0.717) is 47.3 Å². The van der Waals surface area contributed by atoms with Gasteiger partial charge in [-0.05, 0) is 49.4 Å². The molecule has 178 valence electrons. The van der Waals surface area contributed by atoms with Crippen molar-refractivity contribution < 1.29 is 9.59 Å². The number of benzene rings is 2. The summed E-state index contributed by atoms with van der Waals surface area (Å²) in [6.45, 7) is 0.883. The normalized spacial score (nSPS) is 10.7. The van der Waals surface area contributed by atoms with Crippen molar-refractivity contribution in [1.82, 2.24) is 20.1 Å². The fourth-order valence-corrected chi connectivity index (χ4v) is 3.93. The van der Waals surface area contributed by atoms with Crippen LogP contribution >= 0.6 is 23.2 Å². The quantitative estimate of drug-likeness (QED) is 0.301. The number of amides is 2. The second-order valence-corrected chi connectivity index (χ2v) is 8.36. The number of nitrogens with two attached hydrogens (primary N) is 1. The van der Waals surface area contributed by atoms with Crippen molar-refractivity contribution in [1.29, 1.82) is 0 Å². The lowest BCUT2D eigenvalue weighted by molar-refractivity contribution is 0.0947. The average Bonchev–Trinajstić information content (AvgIpc) is 3.29. The summed E-state index contributed by atoms with van der Waals surface area (Å²) < 4.78 is 1.49. The Morgan fingerprint density at radius 2 is 1.71 bits per heavy atom. The van der Waals surface area contributed by atoms with Crippen LogP contribution in [0.1, 0.15) is 27.3 Å². The molecule has 0 bridgehead atoms. The molecule has 0 unspecified atom stereocenters. The highest BCUT2D eigenvalue weighted by molar-refractivity contribution is 6.38. The summed E-state index contributed by atoms with van der Waals surface area (Å²) in [5.74, 6) is -0.558. The van der Waals surface area contributed by atoms with Crippen molar-refractivity contribution in [2.75, 3.05) is 18.4 Å². The third kappa shape index (κ3) is 5.68. The van der Waals surface area contributed by atoms with Crippen LogP contribution in [-0.2, 0) is 0 Å². The van der Waals surface area contributed by atoms with Crippen molar-refractivity contribution in [2.45, 2.75) is 6.42 Å². The molecule has 35 heavy (non-hydrogen) atoms. The lowest BCUT2D eigenvalue weighted by Crippen LogP contribution is -2.26. The number of hydrogen-bond donors (Lipinski definition) is 3. The third-order valence-electron chi connectivity index (χ3n) is 5.09. The van der Waals surface area contributed by atoms with Gasteiger partial charge in [0.05, 0.1) is 27.0 Å². The second kappa shape index (κ2) is 11.1. The Morgan fingerprint density at radius 1 is 0.943 bits per heavy atom. The molecule has 0 spiro atoms. The Kier molecular flexibility index (Phi) is 7.77. The molecule has 0 aliphatic rings. The van der Waals surface area contributed by atoms with Gasteiger partial charge in [-0.1, -0.05) is 47.5 Å². The van der Waals surface area contributed by atoms with Gasteiger partial charge in [0.25, 0.3) is 11.8 Å². The molecule has 2 aromatic heterocycles. The predicted octanol–water partition coefficient (Wildman–Crippen LogP) is 4.57. The van der Waals surface area contributed by atoms with E-state index in [2.05, 4.69) is 20.7 Å². The molecular formula is C25H22Cl2N6O2. The van der Waals surface area contributed by atoms with E-state index in [-0.39, 0.29) is 22.2 Å². The van der Waals surface area contributed by atoms with Gasteiger partial charge in [-0.15, -0.1) is 0 Å². The molecular weight excluding hydrogens is 487 g/mol. The highest BCUT2D eigenvalue weighted by Crippen LogP contribution is 2.32. The van der Waals surface area contributed by atoms with Gasteiger partial charge in [0.15, 0.2) is 5.69 Å². The number of rotatable bonds is 8. The Labute approximate surface area is 212 Å². The molecule has 4 rings (SSSR count). The van der Waals surface area contributed by atoms with Gasteiger partial charge in [0.1, 0.15) is 5.82 Å². The minimum absolute atomic E-state index is 0.151. The number of pyridine rings is 1. The number of hydrogen-bond acceptors (Lipinski definition) is 5. The molecule has 0 saturated carbocycles. The first kappa shape index (κ1) is 24.4. The fourth-order valence-electron chi connectivity index (χ4n) is 3.37. The Morgan fingerprint density at radius 3 is 2.43 bits per heavy atom. The second-order valence-electron chi connectivity index (χ2n) is 7.54. The van der Waals surface area contributed by atoms with Crippen LogP contribution in [0.25, 0.3) is 16.9 Å². The van der Waals surface area contributed by atoms with Gasteiger partial charge in [-0.25, -0.2) is 4.68 Å². The topological polar surface area (TPSA) is 115 Å². The Hall–Kier alpha value is -3.72. The van der Waals surface area contributed by atoms with Crippen LogP contribution in [0.2, 0.25) is 10.0 Å². The molecule has 4 N–H and O–H groups in total. The van der Waals surface area contributed by atoms with Crippen LogP contribution < -0.4 is 16.4 Å². The number of anilines is 1. The van der Waals surface area contributed by atoms with Crippen molar-refractivity contribution in [3.8, 4) is 16.9 Å². The van der Waals surface area contributed by atoms with Crippen LogP contribution in [0.5, 0.6) is 0 Å². The number of aromatic nitrogens is 3. The summed E-state index contributed by atoms with van der Waals surface area (Å²) >= 11 is 12.7. The largest absolute Gasteiger partial charge is 0.351 e. The van der Waals surface area contributed by atoms with Crippen molar-refractivity contribution in [3.63, 3.8) is 0 Å². The lowest BCUT2D eigenvalue weighted by atomic mass is 10.1. The van der Waals surface area contributed by atoms with E-state index >= 15 is 0 Å². The number of nitrogens with one attached hydrogen (secondary N) is 2. The summed E-state index contributed by atoms with van der Waals surface area (Å²) in [7, 11) is 0. The zero-order valence-electron chi connectivity index (χ0n) is 18.5. The van der Waals surface area contributed by atoms with Crippen molar-refractivity contribution >= 4 is 40.8 Å². The number of nitrogens with zero attached hydrogens (tertiary/aromatic N) is 3. The number of carbonyl (C=O) groups excluding carboxylic acids is 2. The molecule has 0 aliphatic heterocycles. The van der Waals surface area contributed by atoms with E-state index in [0.717, 1.165) is 0 Å². The summed E-state index contributed by atoms with van der Waals surface area (Å²) in [5, 5.41) is 10.5. The van der Waals surface area contributed by atoms with E-state index in [4.69, 9.17) is 28.9 Å². The van der Waals surface area contributed by atoms with Gasteiger partial charge >= 0.3 is 0 Å². The summed E-state index contributed by atoms with van der Waals surface area (Å²) in [4.78, 5) is 30.2. The molecule has 10 heteroatoms. The molecule has 0 aliphatic carbocycles. The number of carbonyl (C=O) groups is 2. The predicted molar refractivity (Wildman–Crippen MR) is 137 cm³/mol. The minimum Gasteiger partial charge on any atom is -0.351 e. The van der Waals surface area contributed by atoms with Crippen molar-refractivity contribution in [3.05, 3.63) is 94.2 Å². The molecule has 0 atom stereocenters. The van der Waals surface area contributed by atoms with Gasteiger partial charge in [-0.3, -0.25) is 14.6 Å². The first-order valence-corrected chi connectivity index (χ1v) is 11.6. The standard InChI is InChI=1S/C25H22Cl2N6O2/c26-19-14-20(27)18(13-17(19)21-9-4-5-11-29-21)24(34)31-23-15-22(25(35)30-12-6-10-28)32-33(23)16-7-2-1-3-8-16/h1-5,7-9,11,13-15H,6,10,12,28H2,(H,30,35)(H,31,34). The van der Waals surface area contributed by atoms with Crippen LogP contribution in [0, 0.1) is 0 Å². The maximum absolute atomic E-state index is 13.3. The van der Waals surface area contributed by atoms with Crippen LogP contribution in [0.15, 0.2) is 72.9 Å². The first-order chi connectivity index (χ1) is 17.0. The molecule has 2 amide bonds. The lowest BCUT2D eigenvalue weighted by Gasteiger charge is -2.12. The zero-order valence-corrected chi connectivity index (χ0v) is 20.1. The smallest absolute Gasteiger partial charge is 0.271 e. The monoisotopic (exact) mass is 508 g/mol. The molecule has 2 heterocycles. The van der Waals surface area contributed by atoms with Gasteiger partial charge in [0.2, 0.25) is 0 Å². The summed E-state index contributed by atoms with van der Waals surface area (Å²) in [6, 6.07) is 19.2. The third-order valence-corrected chi connectivity index (χ3v) is 5.72.